The molecular weight excluding hydrogens is 685 g/mol. The molecule has 11 rings (SSSR count). The van der Waals surface area contributed by atoms with Gasteiger partial charge in [-0.2, -0.15) is 0 Å². The predicted octanol–water partition coefficient (Wildman–Crippen LogP) is 12.6. The largest absolute Gasteiger partial charge is 0.456 e. The molecule has 5 heteroatoms. The van der Waals surface area contributed by atoms with E-state index in [1.807, 2.05) is 60.7 Å². The molecule has 1 aliphatic carbocycles. The number of para-hydroxylation sites is 1. The average Bonchev–Trinajstić information content (AvgIpc) is 3.82. The van der Waals surface area contributed by atoms with Crippen molar-refractivity contribution in [3.63, 3.8) is 0 Å². The molecule has 0 N–H and O–H groups in total. The Balaban J connectivity index is 0.957. The van der Waals surface area contributed by atoms with E-state index in [0.29, 0.717) is 17.5 Å². The summed E-state index contributed by atoms with van der Waals surface area (Å²) in [5.41, 5.74) is 13.3. The molecule has 2 aliphatic rings. The van der Waals surface area contributed by atoms with Crippen LogP contribution in [0.15, 0.2) is 192 Å². The van der Waals surface area contributed by atoms with E-state index < -0.39 is 0 Å². The van der Waals surface area contributed by atoms with Gasteiger partial charge in [-0.1, -0.05) is 158 Å². The number of hydrogen-bond acceptors (Lipinski definition) is 5. The third-order valence-corrected chi connectivity index (χ3v) is 11.1. The van der Waals surface area contributed by atoms with Gasteiger partial charge in [0.05, 0.1) is 6.04 Å². The van der Waals surface area contributed by atoms with Crippen molar-refractivity contribution in [2.45, 2.75) is 12.0 Å². The number of benzene rings is 7. The highest BCUT2D eigenvalue weighted by atomic mass is 16.3. The number of rotatable bonds is 6. The van der Waals surface area contributed by atoms with Crippen LogP contribution >= 0.6 is 0 Å². The Bertz CT molecular complexity index is 2860. The minimum absolute atomic E-state index is 0.0954. The normalized spacial score (nSPS) is 15.4. The highest BCUT2D eigenvalue weighted by Gasteiger charge is 2.43. The molecular formula is C51H34N4O. The lowest BCUT2D eigenvalue weighted by atomic mass is 9.82. The summed E-state index contributed by atoms with van der Waals surface area (Å²) in [7, 11) is 0. The molecule has 56 heavy (non-hydrogen) atoms. The van der Waals surface area contributed by atoms with Crippen LogP contribution < -0.4 is 4.90 Å². The van der Waals surface area contributed by atoms with Crippen LogP contribution in [0.1, 0.15) is 22.8 Å². The Labute approximate surface area is 324 Å². The standard InChI is InChI=1S/C51H34N4O/c1-4-13-33(14-5-1)37-19-12-20-38(31-37)34-23-26-40(27-24-34)55-43-22-11-10-21-41(43)47-44(55)29-30-45-48(47)42-28-25-39(32-46(42)56-45)51-53-49(35-15-6-2-7-16-35)52-50(54-51)36-17-8-3-9-18-36/h1-32,44,47H. The Morgan fingerprint density at radius 1 is 0.446 bits per heavy atom. The van der Waals surface area contributed by atoms with Gasteiger partial charge in [0.15, 0.2) is 17.5 Å². The summed E-state index contributed by atoms with van der Waals surface area (Å²) in [5, 5.41) is 1.11. The van der Waals surface area contributed by atoms with Crippen molar-refractivity contribution in [1.29, 1.82) is 0 Å². The van der Waals surface area contributed by atoms with Crippen molar-refractivity contribution in [3.8, 4) is 56.4 Å². The number of hydrogen-bond donors (Lipinski definition) is 0. The van der Waals surface area contributed by atoms with Crippen molar-refractivity contribution >= 4 is 28.4 Å². The summed E-state index contributed by atoms with van der Waals surface area (Å²) in [6, 6.07) is 63.8. The van der Waals surface area contributed by atoms with Gasteiger partial charge in [0.1, 0.15) is 11.3 Å². The molecule has 5 nitrogen and oxygen atoms in total. The topological polar surface area (TPSA) is 55.1 Å². The van der Waals surface area contributed by atoms with E-state index in [0.717, 1.165) is 39.1 Å². The van der Waals surface area contributed by atoms with Crippen molar-refractivity contribution in [2.24, 2.45) is 0 Å². The molecule has 2 aromatic heterocycles. The zero-order chi connectivity index (χ0) is 37.0. The second kappa shape index (κ2) is 13.2. The molecule has 7 aromatic carbocycles. The fraction of sp³-hybridized carbons (Fsp3) is 0.0392. The first-order valence-corrected chi connectivity index (χ1v) is 19.0. The highest BCUT2D eigenvalue weighted by molar-refractivity contribution is 5.92. The minimum Gasteiger partial charge on any atom is -0.456 e. The Morgan fingerprint density at radius 3 is 1.64 bits per heavy atom. The predicted molar refractivity (Wildman–Crippen MR) is 226 cm³/mol. The van der Waals surface area contributed by atoms with Crippen molar-refractivity contribution in [2.75, 3.05) is 4.90 Å². The van der Waals surface area contributed by atoms with Crippen LogP contribution in [-0.2, 0) is 0 Å². The van der Waals surface area contributed by atoms with E-state index in [4.69, 9.17) is 19.4 Å². The Kier molecular flexibility index (Phi) is 7.56. The van der Waals surface area contributed by atoms with Gasteiger partial charge in [0.25, 0.3) is 0 Å². The first-order chi connectivity index (χ1) is 27.7. The van der Waals surface area contributed by atoms with Crippen LogP contribution in [0.2, 0.25) is 0 Å². The van der Waals surface area contributed by atoms with Crippen LogP contribution in [0.4, 0.5) is 11.4 Å². The van der Waals surface area contributed by atoms with Gasteiger partial charge in [-0.05, 0) is 64.2 Å². The minimum atomic E-state index is 0.0954. The zero-order valence-electron chi connectivity index (χ0n) is 30.3. The van der Waals surface area contributed by atoms with Crippen molar-refractivity contribution < 1.29 is 4.42 Å². The maximum atomic E-state index is 6.68. The van der Waals surface area contributed by atoms with E-state index in [9.17, 15) is 0 Å². The molecule has 1 aliphatic heterocycles. The number of aromatic nitrogens is 3. The van der Waals surface area contributed by atoms with Gasteiger partial charge in [0, 0.05) is 44.9 Å². The zero-order valence-corrected chi connectivity index (χ0v) is 30.3. The van der Waals surface area contributed by atoms with Gasteiger partial charge >= 0.3 is 0 Å². The van der Waals surface area contributed by atoms with Crippen molar-refractivity contribution in [1.82, 2.24) is 15.0 Å². The number of furan rings is 1. The molecule has 0 saturated carbocycles. The highest BCUT2D eigenvalue weighted by Crippen LogP contribution is 2.53. The maximum absolute atomic E-state index is 6.68. The SMILES string of the molecule is C1=CC2C(c3ccccc3N2c2ccc(-c3cccc(-c4ccccc4)c3)cc2)c2c1oc1cc(-c3nc(-c4ccccc4)nc(-c4ccccc4)n3)ccc21. The second-order valence-electron chi connectivity index (χ2n) is 14.4. The second-order valence-corrected chi connectivity index (χ2v) is 14.4. The smallest absolute Gasteiger partial charge is 0.164 e. The Morgan fingerprint density at radius 2 is 0.982 bits per heavy atom. The van der Waals surface area contributed by atoms with Crippen LogP contribution in [0, 0.1) is 0 Å². The molecule has 264 valence electrons. The molecule has 3 heterocycles. The molecule has 0 saturated heterocycles. The summed E-state index contributed by atoms with van der Waals surface area (Å²) in [5.74, 6) is 2.88. The monoisotopic (exact) mass is 718 g/mol. The summed E-state index contributed by atoms with van der Waals surface area (Å²) in [6.07, 6.45) is 4.46. The van der Waals surface area contributed by atoms with E-state index in [-0.39, 0.29) is 12.0 Å². The number of nitrogens with zero attached hydrogens (tertiary/aromatic N) is 4. The van der Waals surface area contributed by atoms with Gasteiger partial charge in [-0.15, -0.1) is 0 Å². The van der Waals surface area contributed by atoms with E-state index in [2.05, 4.69) is 138 Å². The van der Waals surface area contributed by atoms with E-state index in [1.54, 1.807) is 0 Å². The molecule has 9 aromatic rings. The lowest BCUT2D eigenvalue weighted by molar-refractivity contribution is 0.584. The molecule has 2 unspecified atom stereocenters. The van der Waals surface area contributed by atoms with Crippen LogP contribution in [0.3, 0.4) is 0 Å². The van der Waals surface area contributed by atoms with Gasteiger partial charge in [-0.3, -0.25) is 0 Å². The molecule has 0 radical (unpaired) electrons. The van der Waals surface area contributed by atoms with Gasteiger partial charge in [-0.25, -0.2) is 15.0 Å². The quantitative estimate of drug-likeness (QED) is 0.171. The molecule has 0 spiro atoms. The summed E-state index contributed by atoms with van der Waals surface area (Å²) in [6.45, 7) is 0. The van der Waals surface area contributed by atoms with E-state index in [1.165, 1.54) is 39.1 Å². The number of anilines is 2. The van der Waals surface area contributed by atoms with Crippen molar-refractivity contribution in [3.05, 3.63) is 205 Å². The molecule has 0 amide bonds. The van der Waals surface area contributed by atoms with Gasteiger partial charge in [0.2, 0.25) is 0 Å². The maximum Gasteiger partial charge on any atom is 0.164 e. The lowest BCUT2D eigenvalue weighted by Gasteiger charge is -2.30. The van der Waals surface area contributed by atoms with Crippen LogP contribution in [0.25, 0.3) is 73.5 Å². The average molecular weight is 719 g/mol. The summed E-state index contributed by atoms with van der Waals surface area (Å²) < 4.78 is 6.68. The Hall–Kier alpha value is -7.37. The lowest BCUT2D eigenvalue weighted by Crippen LogP contribution is -2.30. The molecule has 0 fully saturated rings. The third-order valence-electron chi connectivity index (χ3n) is 11.1. The van der Waals surface area contributed by atoms with Crippen LogP contribution in [-0.4, -0.2) is 21.0 Å². The van der Waals surface area contributed by atoms with Crippen LogP contribution in [0.5, 0.6) is 0 Å². The fourth-order valence-corrected chi connectivity index (χ4v) is 8.46. The summed E-state index contributed by atoms with van der Waals surface area (Å²) in [4.78, 5) is 17.3. The molecule has 2 atom stereocenters. The third kappa shape index (κ3) is 5.44. The first-order valence-electron chi connectivity index (χ1n) is 19.0. The number of fused-ring (bicyclic) bond motifs is 7. The molecule has 0 bridgehead atoms. The summed E-state index contributed by atoms with van der Waals surface area (Å²) >= 11 is 0. The first kappa shape index (κ1) is 32.1. The van der Waals surface area contributed by atoms with E-state index >= 15 is 0 Å². The fourth-order valence-electron chi connectivity index (χ4n) is 8.46. The van der Waals surface area contributed by atoms with Gasteiger partial charge < -0.3 is 9.32 Å².